The highest BCUT2D eigenvalue weighted by Crippen LogP contribution is 2.25. The largest absolute Gasteiger partial charge is 0.468 e. The number of ketones is 1. The molecule has 0 unspecified atom stereocenters. The summed E-state index contributed by atoms with van der Waals surface area (Å²) in [6, 6.07) is 5.62. The van der Waals surface area contributed by atoms with Gasteiger partial charge in [-0.05, 0) is 24.1 Å². The molecule has 0 fully saturated rings. The van der Waals surface area contributed by atoms with Crippen molar-refractivity contribution in [2.24, 2.45) is 0 Å². The zero-order valence-corrected chi connectivity index (χ0v) is 8.08. The molecule has 0 heterocycles. The van der Waals surface area contributed by atoms with Crippen LogP contribution in [0.5, 0.6) is 5.75 Å². The average molecular weight is 192 g/mol. The summed E-state index contributed by atoms with van der Waals surface area (Å²) in [5.41, 5.74) is 1.93. The van der Waals surface area contributed by atoms with Crippen molar-refractivity contribution < 1.29 is 14.3 Å². The Hall–Kier alpha value is -1.35. The highest BCUT2D eigenvalue weighted by molar-refractivity contribution is 6.00. The van der Waals surface area contributed by atoms with E-state index in [9.17, 15) is 4.79 Å². The number of benzene rings is 1. The van der Waals surface area contributed by atoms with Gasteiger partial charge < -0.3 is 9.47 Å². The Balaban J connectivity index is 2.21. The summed E-state index contributed by atoms with van der Waals surface area (Å²) in [5.74, 6) is 0.906. The third-order valence-electron chi connectivity index (χ3n) is 2.35. The fourth-order valence-electron chi connectivity index (χ4n) is 1.63. The first kappa shape index (κ1) is 9.21. The first-order valence-electron chi connectivity index (χ1n) is 4.59. The monoisotopic (exact) mass is 192 g/mol. The second kappa shape index (κ2) is 3.80. The van der Waals surface area contributed by atoms with Crippen LogP contribution < -0.4 is 4.74 Å². The summed E-state index contributed by atoms with van der Waals surface area (Å²) in [5, 5.41) is 0. The van der Waals surface area contributed by atoms with Crippen molar-refractivity contribution in [1.29, 1.82) is 0 Å². The van der Waals surface area contributed by atoms with Crippen LogP contribution in [-0.2, 0) is 11.2 Å². The molecule has 0 bridgehead atoms. The number of aryl methyl sites for hydroxylation is 1. The first-order chi connectivity index (χ1) is 6.81. The summed E-state index contributed by atoms with van der Waals surface area (Å²) >= 11 is 0. The van der Waals surface area contributed by atoms with Crippen LogP contribution in [0.4, 0.5) is 0 Å². The van der Waals surface area contributed by atoms with Crippen molar-refractivity contribution in [2.45, 2.75) is 12.8 Å². The summed E-state index contributed by atoms with van der Waals surface area (Å²) in [4.78, 5) is 11.4. The number of hydrogen-bond acceptors (Lipinski definition) is 3. The van der Waals surface area contributed by atoms with Crippen LogP contribution in [0.2, 0.25) is 0 Å². The van der Waals surface area contributed by atoms with Gasteiger partial charge in [-0.2, -0.15) is 0 Å². The molecule has 14 heavy (non-hydrogen) atoms. The lowest BCUT2D eigenvalue weighted by molar-refractivity contribution is 0.0510. The number of methoxy groups -OCH3 is 1. The zero-order valence-electron chi connectivity index (χ0n) is 8.08. The molecule has 3 heteroatoms. The minimum absolute atomic E-state index is 0.211. The van der Waals surface area contributed by atoms with Crippen LogP contribution in [0, 0.1) is 0 Å². The van der Waals surface area contributed by atoms with E-state index in [1.807, 2.05) is 12.1 Å². The van der Waals surface area contributed by atoms with Crippen molar-refractivity contribution in [3.8, 4) is 5.75 Å². The Morgan fingerprint density at radius 3 is 3.00 bits per heavy atom. The van der Waals surface area contributed by atoms with Gasteiger partial charge in [0.2, 0.25) is 0 Å². The van der Waals surface area contributed by atoms with Gasteiger partial charge in [-0.1, -0.05) is 6.07 Å². The van der Waals surface area contributed by atoms with E-state index >= 15 is 0 Å². The third kappa shape index (κ3) is 1.63. The normalized spacial score (nSPS) is 14.2. The maximum Gasteiger partial charge on any atom is 0.188 e. The third-order valence-corrected chi connectivity index (χ3v) is 2.35. The molecule has 0 aliphatic heterocycles. The Morgan fingerprint density at radius 1 is 1.36 bits per heavy atom. The lowest BCUT2D eigenvalue weighted by atomic mass is 10.1. The van der Waals surface area contributed by atoms with Crippen molar-refractivity contribution in [3.05, 3.63) is 29.3 Å². The van der Waals surface area contributed by atoms with Crippen molar-refractivity contribution in [2.75, 3.05) is 13.9 Å². The molecule has 0 spiro atoms. The molecule has 3 nitrogen and oxygen atoms in total. The van der Waals surface area contributed by atoms with E-state index in [1.54, 1.807) is 13.2 Å². The Bertz CT molecular complexity index is 358. The van der Waals surface area contributed by atoms with Gasteiger partial charge in [0.05, 0.1) is 0 Å². The summed E-state index contributed by atoms with van der Waals surface area (Å²) in [6.07, 6.45) is 1.49. The minimum Gasteiger partial charge on any atom is -0.468 e. The molecule has 0 N–H and O–H groups in total. The van der Waals surface area contributed by atoms with Crippen molar-refractivity contribution >= 4 is 5.78 Å². The summed E-state index contributed by atoms with van der Waals surface area (Å²) in [7, 11) is 1.57. The van der Waals surface area contributed by atoms with E-state index in [0.29, 0.717) is 12.2 Å². The van der Waals surface area contributed by atoms with E-state index in [1.165, 1.54) is 0 Å². The van der Waals surface area contributed by atoms with Gasteiger partial charge in [0, 0.05) is 19.1 Å². The van der Waals surface area contributed by atoms with E-state index in [4.69, 9.17) is 9.47 Å². The van der Waals surface area contributed by atoms with Crippen LogP contribution in [0.25, 0.3) is 0 Å². The SMILES string of the molecule is COCOc1ccc2c(c1)C(=O)CC2. The predicted octanol–water partition coefficient (Wildman–Crippen LogP) is 1.80. The number of rotatable bonds is 3. The molecule has 1 aromatic rings. The molecular weight excluding hydrogens is 180 g/mol. The van der Waals surface area contributed by atoms with Gasteiger partial charge in [-0.3, -0.25) is 4.79 Å². The van der Waals surface area contributed by atoms with Crippen LogP contribution in [0.3, 0.4) is 0 Å². The molecule has 1 aromatic carbocycles. The zero-order chi connectivity index (χ0) is 9.97. The van der Waals surface area contributed by atoms with Gasteiger partial charge in [0.25, 0.3) is 0 Å². The maximum absolute atomic E-state index is 11.4. The van der Waals surface area contributed by atoms with Gasteiger partial charge in [0.1, 0.15) is 5.75 Å². The highest BCUT2D eigenvalue weighted by atomic mass is 16.7. The summed E-state index contributed by atoms with van der Waals surface area (Å²) < 4.78 is 10.0. The molecule has 74 valence electrons. The molecule has 1 aliphatic carbocycles. The number of Topliss-reactive ketones (excluding diaryl/α,β-unsaturated/α-hetero) is 1. The lowest BCUT2D eigenvalue weighted by Gasteiger charge is -2.05. The Kier molecular flexibility index (Phi) is 2.50. The fraction of sp³-hybridized carbons (Fsp3) is 0.364. The van der Waals surface area contributed by atoms with Crippen LogP contribution >= 0.6 is 0 Å². The van der Waals surface area contributed by atoms with Crippen molar-refractivity contribution in [3.63, 3.8) is 0 Å². The van der Waals surface area contributed by atoms with Crippen LogP contribution in [-0.4, -0.2) is 19.7 Å². The van der Waals surface area contributed by atoms with Crippen LogP contribution in [0.1, 0.15) is 22.3 Å². The van der Waals surface area contributed by atoms with Gasteiger partial charge >= 0.3 is 0 Å². The average Bonchev–Trinajstić information content (AvgIpc) is 2.57. The van der Waals surface area contributed by atoms with E-state index in [0.717, 1.165) is 17.5 Å². The number of carbonyl (C=O) groups is 1. The van der Waals surface area contributed by atoms with E-state index < -0.39 is 0 Å². The Labute approximate surface area is 82.6 Å². The predicted molar refractivity (Wildman–Crippen MR) is 51.6 cm³/mol. The molecular formula is C11H12O3. The van der Waals surface area contributed by atoms with Gasteiger partial charge in [0.15, 0.2) is 12.6 Å². The summed E-state index contributed by atoms with van der Waals surface area (Å²) in [6.45, 7) is 0.215. The topological polar surface area (TPSA) is 35.5 Å². The number of ether oxygens (including phenoxy) is 2. The smallest absolute Gasteiger partial charge is 0.188 e. The molecule has 1 aliphatic rings. The molecule has 0 saturated heterocycles. The molecule has 0 aromatic heterocycles. The molecule has 0 atom stereocenters. The van der Waals surface area contributed by atoms with Crippen LogP contribution in [0.15, 0.2) is 18.2 Å². The van der Waals surface area contributed by atoms with E-state index in [-0.39, 0.29) is 12.6 Å². The minimum atomic E-state index is 0.211. The maximum atomic E-state index is 11.4. The molecule has 0 saturated carbocycles. The number of fused-ring (bicyclic) bond motifs is 1. The number of carbonyl (C=O) groups excluding carboxylic acids is 1. The standard InChI is InChI=1S/C11H12O3/c1-13-7-14-9-4-2-8-3-5-11(12)10(8)6-9/h2,4,6H,3,5,7H2,1H3. The molecule has 2 rings (SSSR count). The van der Waals surface area contributed by atoms with Gasteiger partial charge in [-0.15, -0.1) is 0 Å². The molecule has 0 radical (unpaired) electrons. The fourth-order valence-corrected chi connectivity index (χ4v) is 1.63. The highest BCUT2D eigenvalue weighted by Gasteiger charge is 2.19. The lowest BCUT2D eigenvalue weighted by Crippen LogP contribution is -2.00. The second-order valence-electron chi connectivity index (χ2n) is 3.29. The Morgan fingerprint density at radius 2 is 2.21 bits per heavy atom. The quantitative estimate of drug-likeness (QED) is 0.685. The van der Waals surface area contributed by atoms with Gasteiger partial charge in [-0.25, -0.2) is 0 Å². The second-order valence-corrected chi connectivity index (χ2v) is 3.29. The van der Waals surface area contributed by atoms with E-state index in [2.05, 4.69) is 0 Å². The molecule has 0 amide bonds. The van der Waals surface area contributed by atoms with Crippen molar-refractivity contribution in [1.82, 2.24) is 0 Å². The first-order valence-corrected chi connectivity index (χ1v) is 4.59. The number of hydrogen-bond donors (Lipinski definition) is 0.